The Morgan fingerprint density at radius 2 is 1.83 bits per heavy atom. The van der Waals surface area contributed by atoms with Crippen LogP contribution >= 0.6 is 0 Å². The molecule has 2 nitrogen and oxygen atoms in total. The van der Waals surface area contributed by atoms with Crippen LogP contribution in [0.1, 0.15) is 37.7 Å². The molecule has 1 saturated carbocycles. The molecule has 2 heteroatoms. The second kappa shape index (κ2) is 5.41. The van der Waals surface area contributed by atoms with E-state index in [0.717, 1.165) is 19.1 Å². The van der Waals surface area contributed by atoms with Gasteiger partial charge in [-0.2, -0.15) is 0 Å². The maximum absolute atomic E-state index is 5.88. The lowest BCUT2D eigenvalue weighted by atomic mass is 9.80. The summed E-state index contributed by atoms with van der Waals surface area (Å²) in [5.74, 6) is 0.738. The molecule has 0 radical (unpaired) electrons. The Morgan fingerprint density at radius 3 is 2.50 bits per heavy atom. The second-order valence-corrected chi connectivity index (χ2v) is 5.67. The van der Waals surface area contributed by atoms with Crippen LogP contribution in [0.4, 0.5) is 0 Å². The molecule has 2 aliphatic rings. The fourth-order valence-corrected chi connectivity index (χ4v) is 3.07. The fraction of sp³-hybridized carbons (Fsp3) is 0.625. The minimum absolute atomic E-state index is 0.0786. The number of rotatable bonds is 5. The van der Waals surface area contributed by atoms with E-state index < -0.39 is 0 Å². The van der Waals surface area contributed by atoms with Crippen molar-refractivity contribution in [3.8, 4) is 0 Å². The summed E-state index contributed by atoms with van der Waals surface area (Å²) in [7, 11) is 0. The first-order valence-corrected chi connectivity index (χ1v) is 7.15. The zero-order chi connectivity index (χ0) is 12.3. The zero-order valence-corrected chi connectivity index (χ0v) is 10.9. The van der Waals surface area contributed by atoms with E-state index in [1.165, 1.54) is 37.7 Å². The summed E-state index contributed by atoms with van der Waals surface area (Å²) in [5, 5.41) is 0. The quantitative estimate of drug-likeness (QED) is 0.741. The smallest absolute Gasteiger partial charge is 0.118 e. The van der Waals surface area contributed by atoms with E-state index in [-0.39, 0.29) is 5.60 Å². The van der Waals surface area contributed by atoms with Gasteiger partial charge in [-0.25, -0.2) is 0 Å². The Labute approximate surface area is 109 Å². The average Bonchev–Trinajstić information content (AvgIpc) is 3.22. The molecule has 3 rings (SSSR count). The van der Waals surface area contributed by atoms with Crippen LogP contribution in [-0.2, 0) is 16.1 Å². The van der Waals surface area contributed by atoms with Crippen LogP contribution in [-0.4, -0.2) is 18.8 Å². The molecule has 1 heterocycles. The van der Waals surface area contributed by atoms with Crippen molar-refractivity contribution < 1.29 is 9.47 Å². The summed E-state index contributed by atoms with van der Waals surface area (Å²) < 4.78 is 11.6. The predicted octanol–water partition coefficient (Wildman–Crippen LogP) is 3.55. The lowest BCUT2D eigenvalue weighted by molar-refractivity contribution is 0.0331. The molecule has 18 heavy (non-hydrogen) atoms. The van der Waals surface area contributed by atoms with Crippen molar-refractivity contribution in [2.45, 2.75) is 44.3 Å². The first-order chi connectivity index (χ1) is 8.89. The van der Waals surface area contributed by atoms with Crippen molar-refractivity contribution in [1.29, 1.82) is 0 Å². The first-order valence-electron chi connectivity index (χ1n) is 7.15. The molecule has 0 N–H and O–H groups in total. The molecule has 0 spiro atoms. The van der Waals surface area contributed by atoms with Crippen LogP contribution in [0.15, 0.2) is 30.3 Å². The van der Waals surface area contributed by atoms with Gasteiger partial charge in [0.1, 0.15) is 5.60 Å². The van der Waals surface area contributed by atoms with E-state index in [1.54, 1.807) is 0 Å². The van der Waals surface area contributed by atoms with E-state index in [1.807, 2.05) is 6.07 Å². The van der Waals surface area contributed by atoms with Gasteiger partial charge < -0.3 is 9.47 Å². The summed E-state index contributed by atoms with van der Waals surface area (Å²) in [6.07, 6.45) is 6.80. The maximum Gasteiger partial charge on any atom is 0.118 e. The molecule has 0 bridgehead atoms. The van der Waals surface area contributed by atoms with Crippen molar-refractivity contribution in [2.75, 3.05) is 13.2 Å². The van der Waals surface area contributed by atoms with Gasteiger partial charge in [-0.15, -0.1) is 0 Å². The van der Waals surface area contributed by atoms with Crippen molar-refractivity contribution in [2.24, 2.45) is 5.92 Å². The molecular weight excluding hydrogens is 224 g/mol. The fourth-order valence-electron chi connectivity index (χ4n) is 3.07. The third kappa shape index (κ3) is 2.76. The minimum atomic E-state index is 0.0786. The molecule has 2 fully saturated rings. The Kier molecular flexibility index (Phi) is 3.67. The van der Waals surface area contributed by atoms with Crippen molar-refractivity contribution in [1.82, 2.24) is 0 Å². The molecule has 1 aromatic carbocycles. The molecule has 1 atom stereocenters. The SMILES string of the molecule is c1ccc(COCC2(C3CCCCC3)CO2)cc1. The molecule has 0 amide bonds. The van der Waals surface area contributed by atoms with E-state index in [0.29, 0.717) is 6.61 Å². The van der Waals surface area contributed by atoms with Crippen LogP contribution in [0.2, 0.25) is 0 Å². The van der Waals surface area contributed by atoms with Crippen molar-refractivity contribution >= 4 is 0 Å². The van der Waals surface area contributed by atoms with E-state index in [4.69, 9.17) is 9.47 Å². The van der Waals surface area contributed by atoms with Gasteiger partial charge in [-0.1, -0.05) is 49.6 Å². The van der Waals surface area contributed by atoms with Crippen LogP contribution in [0, 0.1) is 5.92 Å². The molecule has 98 valence electrons. The van der Waals surface area contributed by atoms with Crippen LogP contribution in [0.3, 0.4) is 0 Å². The normalized spacial score (nSPS) is 28.2. The molecular formula is C16H22O2. The Hall–Kier alpha value is -0.860. The van der Waals surface area contributed by atoms with Crippen LogP contribution in [0.5, 0.6) is 0 Å². The Morgan fingerprint density at radius 1 is 1.11 bits per heavy atom. The third-order valence-electron chi connectivity index (χ3n) is 4.32. The second-order valence-electron chi connectivity index (χ2n) is 5.67. The Balaban J connectivity index is 1.48. The molecule has 1 saturated heterocycles. The zero-order valence-electron chi connectivity index (χ0n) is 10.9. The first kappa shape index (κ1) is 12.2. The van der Waals surface area contributed by atoms with Crippen LogP contribution in [0.25, 0.3) is 0 Å². The van der Waals surface area contributed by atoms with Gasteiger partial charge in [0.25, 0.3) is 0 Å². The highest BCUT2D eigenvalue weighted by Crippen LogP contribution is 2.43. The number of epoxide rings is 1. The maximum atomic E-state index is 5.88. The lowest BCUT2D eigenvalue weighted by Gasteiger charge is -2.27. The number of hydrogen-bond acceptors (Lipinski definition) is 2. The van der Waals surface area contributed by atoms with E-state index in [9.17, 15) is 0 Å². The van der Waals surface area contributed by atoms with E-state index >= 15 is 0 Å². The van der Waals surface area contributed by atoms with Crippen LogP contribution < -0.4 is 0 Å². The highest BCUT2D eigenvalue weighted by Gasteiger charge is 2.51. The topological polar surface area (TPSA) is 21.8 Å². The largest absolute Gasteiger partial charge is 0.374 e. The summed E-state index contributed by atoms with van der Waals surface area (Å²) >= 11 is 0. The highest BCUT2D eigenvalue weighted by molar-refractivity contribution is 5.13. The molecule has 1 aliphatic heterocycles. The molecule has 1 unspecified atom stereocenters. The van der Waals surface area contributed by atoms with Gasteiger partial charge in [0.2, 0.25) is 0 Å². The molecule has 1 aromatic rings. The van der Waals surface area contributed by atoms with Gasteiger partial charge in [0.05, 0.1) is 19.8 Å². The van der Waals surface area contributed by atoms with Gasteiger partial charge in [0, 0.05) is 0 Å². The molecule has 0 aromatic heterocycles. The lowest BCUT2D eigenvalue weighted by Crippen LogP contribution is -2.31. The third-order valence-corrected chi connectivity index (χ3v) is 4.32. The van der Waals surface area contributed by atoms with E-state index in [2.05, 4.69) is 24.3 Å². The summed E-state index contributed by atoms with van der Waals surface area (Å²) in [5.41, 5.74) is 1.33. The van der Waals surface area contributed by atoms with Gasteiger partial charge >= 0.3 is 0 Å². The van der Waals surface area contributed by atoms with Gasteiger partial charge in [0.15, 0.2) is 0 Å². The summed E-state index contributed by atoms with van der Waals surface area (Å²) in [4.78, 5) is 0. The monoisotopic (exact) mass is 246 g/mol. The minimum Gasteiger partial charge on any atom is -0.374 e. The van der Waals surface area contributed by atoms with Gasteiger partial charge in [-0.05, 0) is 24.3 Å². The molecule has 1 aliphatic carbocycles. The van der Waals surface area contributed by atoms with Crippen molar-refractivity contribution in [3.63, 3.8) is 0 Å². The summed E-state index contributed by atoms with van der Waals surface area (Å²) in [6.45, 7) is 2.39. The predicted molar refractivity (Wildman–Crippen MR) is 71.4 cm³/mol. The summed E-state index contributed by atoms with van der Waals surface area (Å²) in [6, 6.07) is 10.4. The number of ether oxygens (including phenoxy) is 2. The standard InChI is InChI=1S/C16H22O2/c1-3-7-14(8-4-1)11-17-12-16(13-18-16)15-9-5-2-6-10-15/h1,3-4,7-8,15H,2,5-6,9-13H2. The number of hydrogen-bond donors (Lipinski definition) is 0. The average molecular weight is 246 g/mol. The van der Waals surface area contributed by atoms with Crippen molar-refractivity contribution in [3.05, 3.63) is 35.9 Å². The highest BCUT2D eigenvalue weighted by atomic mass is 16.6. The van der Waals surface area contributed by atoms with Gasteiger partial charge in [-0.3, -0.25) is 0 Å². The Bertz CT molecular complexity index is 364. The number of benzene rings is 1.